The van der Waals surface area contributed by atoms with E-state index in [0.29, 0.717) is 41.8 Å². The summed E-state index contributed by atoms with van der Waals surface area (Å²) < 4.78 is 0. The van der Waals surface area contributed by atoms with Crippen LogP contribution in [0.5, 0.6) is 0 Å². The Balaban J connectivity index is 1.31. The van der Waals surface area contributed by atoms with Crippen LogP contribution in [0, 0.1) is 23.7 Å². The largest absolute Gasteiger partial charge is 0.411 e. The molecule has 6 heteroatoms. The van der Waals surface area contributed by atoms with E-state index in [1.807, 2.05) is 0 Å². The van der Waals surface area contributed by atoms with Crippen LogP contribution in [-0.2, 0) is 0 Å². The molecule has 0 aromatic carbocycles. The zero-order chi connectivity index (χ0) is 17.1. The summed E-state index contributed by atoms with van der Waals surface area (Å²) >= 11 is 0. The molecule has 4 aliphatic carbocycles. The lowest BCUT2D eigenvalue weighted by atomic mass is 9.88. The fourth-order valence-corrected chi connectivity index (χ4v) is 6.98. The van der Waals surface area contributed by atoms with Gasteiger partial charge in [-0.1, -0.05) is 10.3 Å². The second kappa shape index (κ2) is 5.95. The number of hydrogen-bond donors (Lipinski definition) is 2. The van der Waals surface area contributed by atoms with Crippen LogP contribution in [0.25, 0.3) is 0 Å². The molecule has 4 bridgehead atoms. The normalized spacial score (nSPS) is 50.5. The number of rotatable bonds is 2. The smallest absolute Gasteiger partial charge is 0.0775 e. The first-order valence-electron chi connectivity index (χ1n) is 10.1. The Morgan fingerprint density at radius 2 is 1.44 bits per heavy atom. The molecule has 138 valence electrons. The highest BCUT2D eigenvalue weighted by molar-refractivity contribution is 5.95. The predicted molar refractivity (Wildman–Crippen MR) is 95.4 cm³/mol. The van der Waals surface area contributed by atoms with Gasteiger partial charge in [0.15, 0.2) is 0 Å². The van der Waals surface area contributed by atoms with Crippen molar-refractivity contribution in [1.82, 2.24) is 9.80 Å². The minimum Gasteiger partial charge on any atom is -0.411 e. The highest BCUT2D eigenvalue weighted by Gasteiger charge is 2.52. The van der Waals surface area contributed by atoms with Gasteiger partial charge in [-0.05, 0) is 57.3 Å². The molecule has 1 aliphatic heterocycles. The van der Waals surface area contributed by atoms with E-state index in [1.54, 1.807) is 0 Å². The zero-order valence-corrected chi connectivity index (χ0v) is 15.1. The molecule has 5 rings (SSSR count). The van der Waals surface area contributed by atoms with Crippen molar-refractivity contribution >= 4 is 11.4 Å². The summed E-state index contributed by atoms with van der Waals surface area (Å²) in [6.45, 7) is 5.40. The molecule has 1 heterocycles. The second-order valence-corrected chi connectivity index (χ2v) is 9.06. The summed E-state index contributed by atoms with van der Waals surface area (Å²) in [6.07, 6.45) is 7.41. The van der Waals surface area contributed by atoms with Crippen LogP contribution in [0.15, 0.2) is 10.3 Å². The summed E-state index contributed by atoms with van der Waals surface area (Å²) in [5.41, 5.74) is 2.10. The third-order valence-corrected chi connectivity index (χ3v) is 7.97. The molecule has 0 spiro atoms. The maximum atomic E-state index is 9.55. The minimum absolute atomic E-state index is 0.354. The van der Waals surface area contributed by atoms with Gasteiger partial charge in [0.2, 0.25) is 0 Å². The minimum atomic E-state index is 0.354. The van der Waals surface area contributed by atoms with E-state index in [2.05, 4.69) is 27.0 Å². The van der Waals surface area contributed by atoms with Crippen molar-refractivity contribution in [3.63, 3.8) is 0 Å². The van der Waals surface area contributed by atoms with Crippen LogP contribution in [0.2, 0.25) is 0 Å². The maximum Gasteiger partial charge on any atom is 0.0775 e. The van der Waals surface area contributed by atoms with Crippen LogP contribution >= 0.6 is 0 Å². The van der Waals surface area contributed by atoms with E-state index >= 15 is 0 Å². The first kappa shape index (κ1) is 16.1. The van der Waals surface area contributed by atoms with Crippen LogP contribution in [0.1, 0.15) is 45.4 Å². The third kappa shape index (κ3) is 2.29. The van der Waals surface area contributed by atoms with Gasteiger partial charge in [-0.2, -0.15) is 0 Å². The van der Waals surface area contributed by atoms with Crippen molar-refractivity contribution in [1.29, 1.82) is 0 Å². The molecule has 0 amide bonds. The monoisotopic (exact) mass is 346 g/mol. The summed E-state index contributed by atoms with van der Waals surface area (Å²) in [7, 11) is 0. The lowest BCUT2D eigenvalue weighted by molar-refractivity contribution is 0.0344. The van der Waals surface area contributed by atoms with E-state index in [-0.39, 0.29) is 0 Å². The van der Waals surface area contributed by atoms with Crippen molar-refractivity contribution < 1.29 is 10.4 Å². The van der Waals surface area contributed by atoms with Crippen LogP contribution in [0.3, 0.4) is 0 Å². The molecular formula is C19H30N4O2. The number of nitrogens with zero attached hydrogens (tertiary/aromatic N) is 4. The van der Waals surface area contributed by atoms with Crippen LogP contribution in [0.4, 0.5) is 0 Å². The zero-order valence-electron chi connectivity index (χ0n) is 15.1. The van der Waals surface area contributed by atoms with Gasteiger partial charge in [0.05, 0.1) is 23.5 Å². The van der Waals surface area contributed by atoms with E-state index < -0.39 is 0 Å². The van der Waals surface area contributed by atoms with Crippen LogP contribution in [-0.4, -0.2) is 69.4 Å². The van der Waals surface area contributed by atoms with E-state index in [1.165, 1.54) is 38.5 Å². The molecule has 0 radical (unpaired) electrons. The Bertz CT molecular complexity index is 606. The Morgan fingerprint density at radius 1 is 0.840 bits per heavy atom. The van der Waals surface area contributed by atoms with Gasteiger partial charge < -0.3 is 10.4 Å². The Labute approximate surface area is 149 Å². The summed E-state index contributed by atoms with van der Waals surface area (Å²) in [5, 5.41) is 26.5. The van der Waals surface area contributed by atoms with E-state index in [9.17, 15) is 10.4 Å². The summed E-state index contributed by atoms with van der Waals surface area (Å²) in [4.78, 5) is 5.17. The lowest BCUT2D eigenvalue weighted by Gasteiger charge is -2.48. The van der Waals surface area contributed by atoms with Gasteiger partial charge in [0, 0.05) is 37.5 Å². The lowest BCUT2D eigenvalue weighted by Crippen LogP contribution is -2.61. The van der Waals surface area contributed by atoms with Gasteiger partial charge >= 0.3 is 0 Å². The van der Waals surface area contributed by atoms with Crippen molar-refractivity contribution in [2.24, 2.45) is 34.0 Å². The molecule has 0 aromatic rings. The molecule has 4 saturated carbocycles. The number of hydrogen-bond acceptors (Lipinski definition) is 6. The van der Waals surface area contributed by atoms with Gasteiger partial charge in [0.25, 0.3) is 0 Å². The van der Waals surface area contributed by atoms with Crippen molar-refractivity contribution in [2.45, 2.75) is 63.6 Å². The molecule has 25 heavy (non-hydrogen) atoms. The van der Waals surface area contributed by atoms with Gasteiger partial charge in [0.1, 0.15) is 0 Å². The highest BCUT2D eigenvalue weighted by Crippen LogP contribution is 2.47. The first-order valence-corrected chi connectivity index (χ1v) is 10.1. The molecule has 7 atom stereocenters. The Morgan fingerprint density at radius 3 is 2.04 bits per heavy atom. The summed E-state index contributed by atoms with van der Waals surface area (Å²) in [6, 6.07) is 1.17. The highest BCUT2D eigenvalue weighted by atomic mass is 16.4. The number of fused-ring (bicyclic) bond motifs is 4. The number of oxime groups is 2. The maximum absolute atomic E-state index is 9.55. The average Bonchev–Trinajstić information content (AvgIpc) is 3.39. The molecule has 1 saturated heterocycles. The fourth-order valence-electron chi connectivity index (χ4n) is 6.98. The SMILES string of the molecule is C[C@@H]1CN([C@@H]2/C(=N\O)[C@H]3CC[C@H]2C3)CCN1[C@@H]1/C(=N\O)[C@H]2CC[C@H]1C2. The summed E-state index contributed by atoms with van der Waals surface area (Å²) in [5.74, 6) is 2.41. The first-order chi connectivity index (χ1) is 12.2. The van der Waals surface area contributed by atoms with Crippen molar-refractivity contribution in [2.75, 3.05) is 19.6 Å². The van der Waals surface area contributed by atoms with Crippen molar-refractivity contribution in [3.8, 4) is 0 Å². The number of piperazine rings is 1. The molecule has 6 nitrogen and oxygen atoms in total. The quantitative estimate of drug-likeness (QED) is 0.594. The molecule has 0 aromatic heterocycles. The van der Waals surface area contributed by atoms with E-state index in [0.717, 1.165) is 31.1 Å². The predicted octanol–water partition coefficient (Wildman–Crippen LogP) is 2.25. The Kier molecular flexibility index (Phi) is 3.82. The molecule has 5 fully saturated rings. The topological polar surface area (TPSA) is 71.7 Å². The van der Waals surface area contributed by atoms with Gasteiger partial charge in [-0.3, -0.25) is 9.80 Å². The third-order valence-electron chi connectivity index (χ3n) is 7.97. The Hall–Kier alpha value is -1.14. The van der Waals surface area contributed by atoms with Crippen molar-refractivity contribution in [3.05, 3.63) is 0 Å². The molecule has 2 N–H and O–H groups in total. The van der Waals surface area contributed by atoms with Crippen LogP contribution < -0.4 is 0 Å². The standard InChI is InChI=1S/C19H30N4O2/c1-11-10-22(18-14-4-2-12(8-14)16(18)20-24)6-7-23(11)19-15-5-3-13(9-15)17(19)21-25/h11-15,18-19,24-25H,2-10H2,1H3/b20-16-,21-17-/t11-,12+,13+,14+,15+,18+,19+/m1/s1. The molecule has 5 aliphatic rings. The molecular weight excluding hydrogens is 316 g/mol. The van der Waals surface area contributed by atoms with Gasteiger partial charge in [-0.15, -0.1) is 0 Å². The average molecular weight is 346 g/mol. The molecule has 0 unspecified atom stereocenters. The van der Waals surface area contributed by atoms with E-state index in [4.69, 9.17) is 0 Å². The fraction of sp³-hybridized carbons (Fsp3) is 0.895. The van der Waals surface area contributed by atoms with Gasteiger partial charge in [-0.25, -0.2) is 0 Å². The second-order valence-electron chi connectivity index (χ2n) is 9.06.